The number of carbonyl (C=O) groups is 1. The summed E-state index contributed by atoms with van der Waals surface area (Å²) in [5.41, 5.74) is 1.07. The fraction of sp³-hybridized carbons (Fsp3) is 0.632. The summed E-state index contributed by atoms with van der Waals surface area (Å²) in [6.45, 7) is 1.08. The van der Waals surface area contributed by atoms with E-state index in [2.05, 4.69) is 0 Å². The molecule has 5 nitrogen and oxygen atoms in total. The predicted molar refractivity (Wildman–Crippen MR) is 90.6 cm³/mol. The van der Waals surface area contributed by atoms with Gasteiger partial charge in [0.05, 0.1) is 19.3 Å². The molecule has 0 radical (unpaired) electrons. The van der Waals surface area contributed by atoms with Gasteiger partial charge in [-0.1, -0.05) is 43.2 Å². The molecule has 5 heteroatoms. The Bertz CT molecular complexity index is 535. The number of fused-ring (bicyclic) bond motifs is 1. The van der Waals surface area contributed by atoms with Crippen molar-refractivity contribution in [2.45, 2.75) is 56.9 Å². The van der Waals surface area contributed by atoms with E-state index in [0.29, 0.717) is 25.1 Å². The van der Waals surface area contributed by atoms with Crippen molar-refractivity contribution in [2.24, 2.45) is 5.92 Å². The molecule has 1 aromatic rings. The number of aliphatic hydroxyl groups is 1. The Kier molecular flexibility index (Phi) is 5.87. The smallest absolute Gasteiger partial charge is 0.320 e. The summed E-state index contributed by atoms with van der Waals surface area (Å²) in [7, 11) is 0. The van der Waals surface area contributed by atoms with Crippen LogP contribution in [0.1, 0.15) is 37.7 Å². The van der Waals surface area contributed by atoms with Gasteiger partial charge in [0, 0.05) is 12.6 Å². The highest BCUT2D eigenvalue weighted by Gasteiger charge is 2.45. The lowest BCUT2D eigenvalue weighted by Crippen LogP contribution is -2.46. The molecule has 0 spiro atoms. The lowest BCUT2D eigenvalue weighted by molar-refractivity contribution is -0.143. The Balaban J connectivity index is 1.51. The van der Waals surface area contributed by atoms with E-state index in [9.17, 15) is 15.0 Å². The molecule has 1 aliphatic heterocycles. The van der Waals surface area contributed by atoms with Crippen LogP contribution in [0.25, 0.3) is 0 Å². The van der Waals surface area contributed by atoms with Crippen molar-refractivity contribution in [3.63, 3.8) is 0 Å². The highest BCUT2D eigenvalue weighted by Crippen LogP contribution is 2.39. The second kappa shape index (κ2) is 8.10. The van der Waals surface area contributed by atoms with Crippen molar-refractivity contribution >= 4 is 5.97 Å². The molecule has 1 aliphatic carbocycles. The molecule has 3 rings (SSSR count). The van der Waals surface area contributed by atoms with Crippen LogP contribution in [0.3, 0.4) is 0 Å². The van der Waals surface area contributed by atoms with Crippen LogP contribution in [0.4, 0.5) is 0 Å². The number of hydrogen-bond acceptors (Lipinski definition) is 4. The summed E-state index contributed by atoms with van der Waals surface area (Å²) in [5, 5.41) is 19.8. The second-order valence-corrected chi connectivity index (χ2v) is 7.05. The molecule has 4 atom stereocenters. The third kappa shape index (κ3) is 4.15. The van der Waals surface area contributed by atoms with Crippen LogP contribution in [0, 0.1) is 5.92 Å². The number of ether oxygens (including phenoxy) is 1. The van der Waals surface area contributed by atoms with Gasteiger partial charge in [-0.2, -0.15) is 0 Å². The van der Waals surface area contributed by atoms with E-state index >= 15 is 0 Å². The van der Waals surface area contributed by atoms with Crippen LogP contribution in [0.15, 0.2) is 30.3 Å². The van der Waals surface area contributed by atoms with Crippen LogP contribution in [-0.4, -0.2) is 52.4 Å². The van der Waals surface area contributed by atoms with Crippen molar-refractivity contribution in [3.05, 3.63) is 35.9 Å². The average Bonchev–Trinajstić information content (AvgIpc) is 2.95. The number of nitrogens with zero attached hydrogens (tertiary/aromatic N) is 1. The highest BCUT2D eigenvalue weighted by atomic mass is 16.5. The maximum Gasteiger partial charge on any atom is 0.320 e. The summed E-state index contributed by atoms with van der Waals surface area (Å²) in [6.07, 6.45) is 4.58. The number of aliphatic hydroxyl groups excluding tert-OH is 1. The first kappa shape index (κ1) is 17.4. The van der Waals surface area contributed by atoms with Crippen LogP contribution in [0.2, 0.25) is 0 Å². The Morgan fingerprint density at radius 1 is 1.25 bits per heavy atom. The van der Waals surface area contributed by atoms with Crippen LogP contribution >= 0.6 is 0 Å². The quantitative estimate of drug-likeness (QED) is 0.801. The van der Waals surface area contributed by atoms with Gasteiger partial charge >= 0.3 is 5.97 Å². The molecule has 4 unspecified atom stereocenters. The van der Waals surface area contributed by atoms with Crippen LogP contribution < -0.4 is 0 Å². The molecule has 1 saturated heterocycles. The van der Waals surface area contributed by atoms with Gasteiger partial charge in [0.25, 0.3) is 0 Å². The molecule has 1 heterocycles. The van der Waals surface area contributed by atoms with Crippen molar-refractivity contribution in [2.75, 3.05) is 13.2 Å². The van der Waals surface area contributed by atoms with Gasteiger partial charge in [-0.15, -0.1) is 0 Å². The lowest BCUT2D eigenvalue weighted by Gasteiger charge is -2.34. The number of aliphatic carboxylic acids is 1. The Labute approximate surface area is 143 Å². The van der Waals surface area contributed by atoms with Gasteiger partial charge in [0.15, 0.2) is 0 Å². The molecule has 2 N–H and O–H groups in total. The number of likely N-dealkylation sites (tertiary alicyclic amines) is 1. The van der Waals surface area contributed by atoms with Crippen LogP contribution in [0.5, 0.6) is 0 Å². The molecular weight excluding hydrogens is 306 g/mol. The highest BCUT2D eigenvalue weighted by molar-refractivity contribution is 5.74. The first-order valence-electron chi connectivity index (χ1n) is 8.93. The van der Waals surface area contributed by atoms with Crippen molar-refractivity contribution < 1.29 is 19.7 Å². The number of β-amino-alcohol motifs (C(OH)–C–C–N with tert-alkyl or cyclic N) is 1. The molecule has 0 bridgehead atoms. The van der Waals surface area contributed by atoms with E-state index < -0.39 is 18.1 Å². The molecular formula is C19H27NO4. The van der Waals surface area contributed by atoms with E-state index in [-0.39, 0.29) is 6.61 Å². The van der Waals surface area contributed by atoms with Crippen molar-refractivity contribution in [1.82, 2.24) is 4.90 Å². The standard InChI is InChI=1S/C19H27NO4/c21-16(13-24-12-14-6-2-1-3-7-14)11-20-17-9-5-4-8-15(17)10-18(20)19(22)23/h1-3,6-7,15-18,21H,4-5,8-13H2,(H,22,23). The first-order chi connectivity index (χ1) is 11.6. The Morgan fingerprint density at radius 2 is 2.00 bits per heavy atom. The van der Waals surface area contributed by atoms with E-state index in [0.717, 1.165) is 31.2 Å². The Hall–Kier alpha value is -1.43. The van der Waals surface area contributed by atoms with Crippen molar-refractivity contribution in [1.29, 1.82) is 0 Å². The normalized spacial score (nSPS) is 28.5. The molecule has 2 fully saturated rings. The SMILES string of the molecule is O=C(O)C1CC2CCCCC2N1CC(O)COCc1ccccc1. The topological polar surface area (TPSA) is 70.0 Å². The summed E-state index contributed by atoms with van der Waals surface area (Å²) in [4.78, 5) is 13.6. The molecule has 0 amide bonds. The minimum atomic E-state index is -0.762. The minimum Gasteiger partial charge on any atom is -0.480 e. The third-order valence-electron chi connectivity index (χ3n) is 5.35. The van der Waals surface area contributed by atoms with Gasteiger partial charge in [0.1, 0.15) is 6.04 Å². The molecule has 1 aromatic carbocycles. The first-order valence-corrected chi connectivity index (χ1v) is 8.93. The summed E-state index contributed by atoms with van der Waals surface area (Å²) in [5.74, 6) is -0.293. The van der Waals surface area contributed by atoms with E-state index in [1.807, 2.05) is 35.2 Å². The molecule has 1 saturated carbocycles. The predicted octanol–water partition coefficient (Wildman–Crippen LogP) is 2.28. The number of carboxylic acids is 1. The van der Waals surface area contributed by atoms with Gasteiger partial charge in [0.2, 0.25) is 0 Å². The zero-order valence-electron chi connectivity index (χ0n) is 14.0. The van der Waals surface area contributed by atoms with E-state index in [1.165, 1.54) is 6.42 Å². The summed E-state index contributed by atoms with van der Waals surface area (Å²) < 4.78 is 5.60. The maximum atomic E-state index is 11.6. The summed E-state index contributed by atoms with van der Waals surface area (Å²) >= 11 is 0. The number of benzene rings is 1. The fourth-order valence-corrected chi connectivity index (χ4v) is 4.24. The van der Waals surface area contributed by atoms with Gasteiger partial charge < -0.3 is 14.9 Å². The Morgan fingerprint density at radius 3 is 2.75 bits per heavy atom. The summed E-state index contributed by atoms with van der Waals surface area (Å²) in [6, 6.07) is 9.70. The largest absolute Gasteiger partial charge is 0.480 e. The monoisotopic (exact) mass is 333 g/mol. The number of carboxylic acid groups (broad SMARTS) is 1. The zero-order valence-corrected chi connectivity index (χ0v) is 14.0. The molecule has 132 valence electrons. The van der Waals surface area contributed by atoms with Crippen molar-refractivity contribution in [3.8, 4) is 0 Å². The fourth-order valence-electron chi connectivity index (χ4n) is 4.24. The van der Waals surface area contributed by atoms with E-state index in [1.54, 1.807) is 0 Å². The van der Waals surface area contributed by atoms with E-state index in [4.69, 9.17) is 4.74 Å². The lowest BCUT2D eigenvalue weighted by atomic mass is 9.85. The molecule has 0 aromatic heterocycles. The molecule has 2 aliphatic rings. The number of rotatable bonds is 7. The van der Waals surface area contributed by atoms with Gasteiger partial charge in [-0.3, -0.25) is 9.69 Å². The minimum absolute atomic E-state index is 0.231. The van der Waals surface area contributed by atoms with Crippen LogP contribution in [-0.2, 0) is 16.1 Å². The zero-order chi connectivity index (χ0) is 16.9. The average molecular weight is 333 g/mol. The third-order valence-corrected chi connectivity index (χ3v) is 5.35. The second-order valence-electron chi connectivity index (χ2n) is 7.05. The van der Waals surface area contributed by atoms with Gasteiger partial charge in [-0.25, -0.2) is 0 Å². The maximum absolute atomic E-state index is 11.6. The van der Waals surface area contributed by atoms with Gasteiger partial charge in [-0.05, 0) is 30.7 Å². The number of hydrogen-bond donors (Lipinski definition) is 2. The molecule has 24 heavy (non-hydrogen) atoms.